The number of nitrogens with zero attached hydrogens (tertiary/aromatic N) is 5. The predicted octanol–water partition coefficient (Wildman–Crippen LogP) is 3.91. The van der Waals surface area contributed by atoms with Gasteiger partial charge in [0, 0.05) is 18.8 Å². The van der Waals surface area contributed by atoms with Crippen LogP contribution in [0.5, 0.6) is 0 Å². The van der Waals surface area contributed by atoms with Crippen LogP contribution in [-0.2, 0) is 6.54 Å². The van der Waals surface area contributed by atoms with Gasteiger partial charge in [-0.2, -0.15) is 5.10 Å². The molecule has 0 unspecified atom stereocenters. The Labute approximate surface area is 217 Å². The summed E-state index contributed by atoms with van der Waals surface area (Å²) in [5.74, 6) is -0.641. The lowest BCUT2D eigenvalue weighted by molar-refractivity contribution is 0.0702. The summed E-state index contributed by atoms with van der Waals surface area (Å²) in [6, 6.07) is -0.701. The van der Waals surface area contributed by atoms with Crippen LogP contribution in [0.1, 0.15) is 45.1 Å². The summed E-state index contributed by atoms with van der Waals surface area (Å²) in [5, 5.41) is 17.5. The molecule has 0 bridgehead atoms. The van der Waals surface area contributed by atoms with E-state index >= 15 is 4.39 Å². The van der Waals surface area contributed by atoms with E-state index in [-0.39, 0.29) is 22.8 Å². The summed E-state index contributed by atoms with van der Waals surface area (Å²) in [6.45, 7) is 2.78. The first-order valence-corrected chi connectivity index (χ1v) is 13.1. The lowest BCUT2D eigenvalue weighted by atomic mass is 10.0. The van der Waals surface area contributed by atoms with Crippen LogP contribution in [0.2, 0.25) is 5.02 Å². The van der Waals surface area contributed by atoms with Gasteiger partial charge in [0.15, 0.2) is 11.0 Å². The van der Waals surface area contributed by atoms with Gasteiger partial charge in [0.1, 0.15) is 28.8 Å². The van der Waals surface area contributed by atoms with Gasteiger partial charge >= 0.3 is 5.97 Å². The van der Waals surface area contributed by atoms with Gasteiger partial charge in [-0.1, -0.05) is 22.9 Å². The van der Waals surface area contributed by atoms with Crippen LogP contribution in [0.4, 0.5) is 9.52 Å². The highest BCUT2D eigenvalue weighted by atomic mass is 79.9. The summed E-state index contributed by atoms with van der Waals surface area (Å²) in [4.78, 5) is 38.0. The lowest BCUT2D eigenvalue weighted by Gasteiger charge is -2.34. The van der Waals surface area contributed by atoms with E-state index < -0.39 is 24.1 Å². The van der Waals surface area contributed by atoms with Crippen molar-refractivity contribution in [1.29, 1.82) is 0 Å². The third-order valence-corrected chi connectivity index (χ3v) is 8.77. The number of alkyl halides is 1. The fourth-order valence-electron chi connectivity index (χ4n) is 4.08. The Bertz CT molecular complexity index is 1290. The molecule has 3 aromatic heterocycles. The largest absolute Gasteiger partial charge is 0.477 e. The quantitative estimate of drug-likeness (QED) is 0.383. The van der Waals surface area contributed by atoms with Gasteiger partial charge in [-0.3, -0.25) is 4.79 Å². The Morgan fingerprint density at radius 1 is 1.40 bits per heavy atom. The standard InChI is InChI=1S/C21H22BrClFN7O3S/c1-9-14(23)13(22)15(27-9)19(32)28-12-4-5-30(7-11(12)24)21-29-16(17(35-21)20(33)34)18-25-8-26-31(18)6-10-2-3-10/h8,10-12,27H,2-7H2,1H3,(H,28,32)(H,33,34)/t11-,12+/m0/s1. The molecule has 35 heavy (non-hydrogen) atoms. The SMILES string of the molecule is Cc1[nH]c(C(=O)N[C@@H]2CCN(c3nc(-c4ncnn4CC4CC4)c(C(=O)O)s3)C[C@@H]2F)c(Br)c1Cl. The second-order valence-electron chi connectivity index (χ2n) is 8.77. The zero-order valence-corrected chi connectivity index (χ0v) is 21.8. The number of hydrogen-bond acceptors (Lipinski definition) is 7. The topological polar surface area (TPSA) is 129 Å². The smallest absolute Gasteiger partial charge is 0.348 e. The molecule has 1 saturated carbocycles. The number of nitrogens with one attached hydrogen (secondary N) is 2. The minimum absolute atomic E-state index is 0.0304. The van der Waals surface area contributed by atoms with Crippen LogP contribution in [0.3, 0.4) is 0 Å². The van der Waals surface area contributed by atoms with Crippen molar-refractivity contribution in [3.8, 4) is 11.5 Å². The molecule has 2 fully saturated rings. The number of carboxylic acid groups (broad SMARTS) is 1. The highest BCUT2D eigenvalue weighted by Crippen LogP contribution is 2.36. The number of amides is 1. The molecule has 10 nitrogen and oxygen atoms in total. The molecule has 5 rings (SSSR count). The van der Waals surface area contributed by atoms with Gasteiger partial charge in [-0.05, 0) is 48.0 Å². The molecule has 186 valence electrons. The van der Waals surface area contributed by atoms with E-state index in [9.17, 15) is 14.7 Å². The van der Waals surface area contributed by atoms with Gasteiger partial charge in [0.25, 0.3) is 5.91 Å². The third-order valence-electron chi connectivity index (χ3n) is 6.17. The molecular weight excluding hydrogens is 565 g/mol. The number of anilines is 1. The van der Waals surface area contributed by atoms with E-state index in [0.717, 1.165) is 24.2 Å². The van der Waals surface area contributed by atoms with E-state index in [2.05, 4.69) is 41.3 Å². The van der Waals surface area contributed by atoms with Crippen molar-refractivity contribution in [1.82, 2.24) is 30.0 Å². The van der Waals surface area contributed by atoms with Crippen LogP contribution in [-0.4, -0.2) is 67.0 Å². The average Bonchev–Trinajstić information content (AvgIpc) is 3.23. The van der Waals surface area contributed by atoms with Gasteiger partial charge in [0.05, 0.1) is 22.1 Å². The molecule has 1 amide bonds. The Hall–Kier alpha value is -2.51. The number of aryl methyl sites for hydroxylation is 1. The third kappa shape index (κ3) is 4.81. The second kappa shape index (κ2) is 9.51. The number of piperidine rings is 1. The maximum atomic E-state index is 15.1. The minimum atomic E-state index is -1.38. The fourth-order valence-corrected chi connectivity index (χ4v) is 5.73. The zero-order valence-electron chi connectivity index (χ0n) is 18.6. The van der Waals surface area contributed by atoms with Gasteiger partial charge < -0.3 is 20.3 Å². The van der Waals surface area contributed by atoms with Crippen LogP contribution in [0.25, 0.3) is 11.5 Å². The fraction of sp³-hybridized carbons (Fsp3) is 0.476. The van der Waals surface area contributed by atoms with Crippen molar-refractivity contribution in [2.45, 2.75) is 44.9 Å². The van der Waals surface area contributed by atoms with E-state index in [1.165, 1.54) is 6.33 Å². The molecule has 1 aliphatic carbocycles. The number of halogens is 3. The molecule has 0 radical (unpaired) electrons. The van der Waals surface area contributed by atoms with Crippen molar-refractivity contribution in [2.75, 3.05) is 18.0 Å². The number of carbonyl (C=O) groups excluding carboxylic acids is 1. The second-order valence-corrected chi connectivity index (χ2v) is 10.9. The molecule has 0 spiro atoms. The zero-order chi connectivity index (χ0) is 24.9. The Kier molecular flexibility index (Phi) is 6.57. The Morgan fingerprint density at radius 2 is 2.17 bits per heavy atom. The number of aromatic carboxylic acids is 1. The predicted molar refractivity (Wildman–Crippen MR) is 132 cm³/mol. The molecule has 2 aliphatic rings. The van der Waals surface area contributed by atoms with Crippen molar-refractivity contribution in [3.05, 3.63) is 32.1 Å². The van der Waals surface area contributed by atoms with Gasteiger partial charge in [0.2, 0.25) is 0 Å². The molecule has 3 N–H and O–H groups in total. The molecule has 4 heterocycles. The van der Waals surface area contributed by atoms with E-state index in [1.54, 1.807) is 16.5 Å². The minimum Gasteiger partial charge on any atom is -0.477 e. The van der Waals surface area contributed by atoms with Crippen LogP contribution in [0.15, 0.2) is 10.8 Å². The summed E-state index contributed by atoms with van der Waals surface area (Å²) in [7, 11) is 0. The summed E-state index contributed by atoms with van der Waals surface area (Å²) in [5.41, 5.74) is 1.12. The molecule has 1 aliphatic heterocycles. The van der Waals surface area contributed by atoms with E-state index in [4.69, 9.17) is 11.6 Å². The molecule has 0 aromatic carbocycles. The van der Waals surface area contributed by atoms with Crippen molar-refractivity contribution in [3.63, 3.8) is 0 Å². The Morgan fingerprint density at radius 3 is 2.80 bits per heavy atom. The highest BCUT2D eigenvalue weighted by Gasteiger charge is 2.34. The number of H-pyrrole nitrogens is 1. The molecule has 2 atom stereocenters. The number of hydrogen-bond donors (Lipinski definition) is 3. The Balaban J connectivity index is 1.31. The number of thiazole rings is 1. The molecule has 14 heteroatoms. The first-order chi connectivity index (χ1) is 16.7. The molecule has 3 aromatic rings. The average molecular weight is 587 g/mol. The molecule has 1 saturated heterocycles. The summed E-state index contributed by atoms with van der Waals surface area (Å²) < 4.78 is 17.3. The highest BCUT2D eigenvalue weighted by molar-refractivity contribution is 9.10. The normalized spacial score (nSPS) is 20.3. The van der Waals surface area contributed by atoms with Crippen molar-refractivity contribution in [2.24, 2.45) is 5.92 Å². The maximum absolute atomic E-state index is 15.1. The van der Waals surface area contributed by atoms with E-state index in [1.807, 2.05) is 0 Å². The number of aromatic nitrogens is 5. The molecular formula is C21H22BrClFN7O3S. The monoisotopic (exact) mass is 585 g/mol. The number of carbonyl (C=O) groups is 2. The first kappa shape index (κ1) is 24.2. The van der Waals surface area contributed by atoms with Gasteiger partial charge in [-0.15, -0.1) is 0 Å². The lowest BCUT2D eigenvalue weighted by Crippen LogP contribution is -2.52. The first-order valence-electron chi connectivity index (χ1n) is 11.1. The summed E-state index contributed by atoms with van der Waals surface area (Å²) >= 11 is 10.4. The number of carboxylic acids is 1. The van der Waals surface area contributed by atoms with E-state index in [0.29, 0.717) is 51.6 Å². The summed E-state index contributed by atoms with van der Waals surface area (Å²) in [6.07, 6.45) is 2.57. The van der Waals surface area contributed by atoms with Gasteiger partial charge in [-0.25, -0.2) is 23.8 Å². The van der Waals surface area contributed by atoms with Crippen LogP contribution < -0.4 is 10.2 Å². The van der Waals surface area contributed by atoms with Crippen LogP contribution in [0, 0.1) is 12.8 Å². The number of aromatic amines is 1. The van der Waals surface area contributed by atoms with Crippen molar-refractivity contribution >= 4 is 55.9 Å². The van der Waals surface area contributed by atoms with Crippen LogP contribution >= 0.6 is 38.9 Å². The van der Waals surface area contributed by atoms with Crippen molar-refractivity contribution < 1.29 is 19.1 Å². The number of rotatable bonds is 7. The maximum Gasteiger partial charge on any atom is 0.348 e.